The zero-order valence-electron chi connectivity index (χ0n) is 9.71. The molecule has 0 unspecified atom stereocenters. The fraction of sp³-hybridized carbons (Fsp3) is 0.545. The number of carbonyl (C=O) groups excluding carboxylic acids is 3. The number of ether oxygens (including phenoxy) is 1. The second kappa shape index (κ2) is 4.87. The second-order valence-corrected chi connectivity index (χ2v) is 4.42. The van der Waals surface area contributed by atoms with Crippen LogP contribution in [0.2, 0.25) is 0 Å². The molecule has 0 aliphatic heterocycles. The molecule has 0 rings (SSSR count). The molecule has 0 saturated carbocycles. The number of carbonyl (C=O) groups is 3. The smallest absolute Gasteiger partial charge is 0.383 e. The van der Waals surface area contributed by atoms with E-state index in [0.29, 0.717) is 5.57 Å². The predicted octanol–water partition coefficient (Wildman–Crippen LogP) is 1.43. The van der Waals surface area contributed by atoms with Gasteiger partial charge < -0.3 is 4.74 Å². The van der Waals surface area contributed by atoms with Crippen molar-refractivity contribution in [2.75, 3.05) is 0 Å². The second-order valence-electron chi connectivity index (χ2n) is 4.42. The summed E-state index contributed by atoms with van der Waals surface area (Å²) in [6.07, 6.45) is 1.12. The largest absolute Gasteiger partial charge is 0.454 e. The molecule has 0 saturated heterocycles. The van der Waals surface area contributed by atoms with E-state index in [4.69, 9.17) is 4.74 Å². The lowest BCUT2D eigenvalue weighted by molar-refractivity contribution is -0.163. The fourth-order valence-corrected chi connectivity index (χ4v) is 0.753. The lowest BCUT2D eigenvalue weighted by Crippen LogP contribution is -2.32. The van der Waals surface area contributed by atoms with Gasteiger partial charge in [0, 0.05) is 0 Å². The van der Waals surface area contributed by atoms with Crippen LogP contribution in [0.25, 0.3) is 0 Å². The third kappa shape index (κ3) is 5.78. The molecule has 84 valence electrons. The Kier molecular flexibility index (Phi) is 4.40. The van der Waals surface area contributed by atoms with Crippen molar-refractivity contribution < 1.29 is 19.1 Å². The van der Waals surface area contributed by atoms with Crippen LogP contribution in [0, 0.1) is 0 Å². The predicted molar refractivity (Wildman–Crippen MR) is 55.3 cm³/mol. The zero-order valence-corrected chi connectivity index (χ0v) is 9.71. The van der Waals surface area contributed by atoms with Gasteiger partial charge in [-0.1, -0.05) is 5.57 Å². The highest BCUT2D eigenvalue weighted by atomic mass is 16.6. The summed E-state index contributed by atoms with van der Waals surface area (Å²) in [5, 5.41) is 0. The van der Waals surface area contributed by atoms with E-state index in [9.17, 15) is 14.4 Å². The van der Waals surface area contributed by atoms with Crippen LogP contribution in [0.3, 0.4) is 0 Å². The quantitative estimate of drug-likeness (QED) is 0.307. The Balaban J connectivity index is 4.54. The van der Waals surface area contributed by atoms with E-state index in [1.165, 1.54) is 0 Å². The van der Waals surface area contributed by atoms with Crippen molar-refractivity contribution >= 4 is 17.5 Å². The van der Waals surface area contributed by atoms with Crippen LogP contribution in [-0.4, -0.2) is 23.1 Å². The third-order valence-corrected chi connectivity index (χ3v) is 1.23. The summed E-state index contributed by atoms with van der Waals surface area (Å²) in [5.41, 5.74) is -0.102. The molecule has 0 fully saturated rings. The number of ketones is 2. The molecule has 0 aromatic heterocycles. The average Bonchev–Trinajstić information content (AvgIpc) is 1.98. The van der Waals surface area contributed by atoms with Crippen LogP contribution in [-0.2, 0) is 19.1 Å². The minimum absolute atomic E-state index is 0.664. The van der Waals surface area contributed by atoms with E-state index in [2.05, 4.69) is 0 Å². The topological polar surface area (TPSA) is 60.4 Å². The molecule has 0 aromatic carbocycles. The summed E-state index contributed by atoms with van der Waals surface area (Å²) >= 11 is 0. The molecular weight excluding hydrogens is 196 g/mol. The van der Waals surface area contributed by atoms with Crippen molar-refractivity contribution in [2.24, 2.45) is 0 Å². The van der Waals surface area contributed by atoms with E-state index in [-0.39, 0.29) is 0 Å². The molecule has 0 aliphatic rings. The summed E-state index contributed by atoms with van der Waals surface area (Å²) < 4.78 is 4.76. The molecular formula is C11H16O4. The van der Waals surface area contributed by atoms with Gasteiger partial charge in [-0.2, -0.15) is 0 Å². The molecule has 0 amide bonds. The van der Waals surface area contributed by atoms with E-state index in [0.717, 1.165) is 6.08 Å². The van der Waals surface area contributed by atoms with E-state index in [1.54, 1.807) is 34.6 Å². The summed E-state index contributed by atoms with van der Waals surface area (Å²) in [4.78, 5) is 33.5. The molecule has 0 bridgehead atoms. The summed E-state index contributed by atoms with van der Waals surface area (Å²) in [7, 11) is 0. The first-order chi connectivity index (χ1) is 6.63. The standard InChI is InChI=1S/C11H16O4/c1-7(2)6-8(12)9(13)10(14)15-11(3,4)5/h6H,1-5H3. The number of esters is 1. The van der Waals surface area contributed by atoms with Crippen LogP contribution in [0.1, 0.15) is 34.6 Å². The van der Waals surface area contributed by atoms with Gasteiger partial charge in [-0.15, -0.1) is 0 Å². The Morgan fingerprint density at radius 1 is 1.07 bits per heavy atom. The van der Waals surface area contributed by atoms with E-state index in [1.807, 2.05) is 0 Å². The third-order valence-electron chi connectivity index (χ3n) is 1.23. The number of Topliss-reactive ketones (excluding diaryl/α,β-unsaturated/α-hetero) is 1. The minimum Gasteiger partial charge on any atom is -0.454 e. The van der Waals surface area contributed by atoms with Gasteiger partial charge in [0.2, 0.25) is 5.78 Å². The lowest BCUT2D eigenvalue weighted by Gasteiger charge is -2.18. The average molecular weight is 212 g/mol. The number of hydrogen-bond acceptors (Lipinski definition) is 4. The first-order valence-electron chi connectivity index (χ1n) is 4.60. The Morgan fingerprint density at radius 2 is 1.53 bits per heavy atom. The van der Waals surface area contributed by atoms with Gasteiger partial charge in [0.25, 0.3) is 0 Å². The Hall–Kier alpha value is -1.45. The summed E-state index contributed by atoms with van der Waals surface area (Å²) in [5.74, 6) is -3.08. The maximum Gasteiger partial charge on any atom is 0.383 e. The molecule has 0 heterocycles. The Labute approximate surface area is 89.3 Å². The normalized spacial score (nSPS) is 10.5. The number of hydrogen-bond donors (Lipinski definition) is 0. The van der Waals surface area contributed by atoms with Gasteiger partial charge in [-0.25, -0.2) is 4.79 Å². The molecule has 0 spiro atoms. The van der Waals surface area contributed by atoms with Gasteiger partial charge in [0.15, 0.2) is 0 Å². The summed E-state index contributed by atoms with van der Waals surface area (Å²) in [6, 6.07) is 0. The molecule has 0 atom stereocenters. The van der Waals surface area contributed by atoms with Gasteiger partial charge >= 0.3 is 11.8 Å². The maximum atomic E-state index is 11.2. The summed E-state index contributed by atoms with van der Waals surface area (Å²) in [6.45, 7) is 8.22. The fourth-order valence-electron chi connectivity index (χ4n) is 0.753. The maximum absolute atomic E-state index is 11.2. The highest BCUT2D eigenvalue weighted by molar-refractivity contribution is 6.64. The van der Waals surface area contributed by atoms with Crippen LogP contribution >= 0.6 is 0 Å². The van der Waals surface area contributed by atoms with Crippen molar-refractivity contribution in [2.45, 2.75) is 40.2 Å². The van der Waals surface area contributed by atoms with Crippen LogP contribution < -0.4 is 0 Å². The van der Waals surface area contributed by atoms with Crippen molar-refractivity contribution in [3.05, 3.63) is 11.6 Å². The lowest BCUT2D eigenvalue weighted by atomic mass is 10.1. The van der Waals surface area contributed by atoms with Gasteiger partial charge in [-0.3, -0.25) is 9.59 Å². The monoisotopic (exact) mass is 212 g/mol. The molecule has 15 heavy (non-hydrogen) atoms. The van der Waals surface area contributed by atoms with E-state index >= 15 is 0 Å². The first-order valence-corrected chi connectivity index (χ1v) is 4.60. The van der Waals surface area contributed by atoms with Gasteiger partial charge in [0.1, 0.15) is 5.60 Å². The molecule has 0 N–H and O–H groups in total. The number of rotatable bonds is 3. The minimum atomic E-state index is -1.13. The molecule has 4 heteroatoms. The van der Waals surface area contributed by atoms with Gasteiger partial charge in [-0.05, 0) is 40.7 Å². The molecule has 4 nitrogen and oxygen atoms in total. The van der Waals surface area contributed by atoms with Crippen LogP contribution in [0.4, 0.5) is 0 Å². The van der Waals surface area contributed by atoms with Crippen molar-refractivity contribution in [3.8, 4) is 0 Å². The first kappa shape index (κ1) is 13.5. The molecule has 0 aliphatic carbocycles. The van der Waals surface area contributed by atoms with Crippen LogP contribution in [0.15, 0.2) is 11.6 Å². The van der Waals surface area contributed by atoms with E-state index < -0.39 is 23.1 Å². The van der Waals surface area contributed by atoms with Crippen molar-refractivity contribution in [1.82, 2.24) is 0 Å². The zero-order chi connectivity index (χ0) is 12.2. The highest BCUT2D eigenvalue weighted by Crippen LogP contribution is 2.07. The van der Waals surface area contributed by atoms with Crippen molar-refractivity contribution in [1.29, 1.82) is 0 Å². The molecule has 0 radical (unpaired) electrons. The van der Waals surface area contributed by atoms with Crippen molar-refractivity contribution in [3.63, 3.8) is 0 Å². The van der Waals surface area contributed by atoms with Crippen LogP contribution in [0.5, 0.6) is 0 Å². The highest BCUT2D eigenvalue weighted by Gasteiger charge is 2.26. The van der Waals surface area contributed by atoms with Gasteiger partial charge in [0.05, 0.1) is 0 Å². The molecule has 0 aromatic rings. The Morgan fingerprint density at radius 3 is 1.87 bits per heavy atom. The SMILES string of the molecule is CC(C)=CC(=O)C(=O)C(=O)OC(C)(C)C. The number of allylic oxidation sites excluding steroid dienone is 2. The Bertz CT molecular complexity index is 314.